The molecule has 0 spiro atoms. The van der Waals surface area contributed by atoms with Crippen LogP contribution in [0.3, 0.4) is 0 Å². The van der Waals surface area contributed by atoms with Crippen molar-refractivity contribution in [2.45, 2.75) is 22.6 Å². The van der Waals surface area contributed by atoms with Gasteiger partial charge in [0.1, 0.15) is 5.75 Å². The minimum Gasteiger partial charge on any atom is -0.496 e. The standard InChI is InChI=1S/C21H26N2O5S2/c1-27-19-9-8-17(30(25,26)23-11-13-28-14-12-23)15-16(19)7-10-21(24)22-18-5-3-4-6-20(18)29-2/h3-6,8-9,15H,7,10-14H2,1-2H3,(H,22,24). The summed E-state index contributed by atoms with van der Waals surface area (Å²) in [5.41, 5.74) is 1.45. The Bertz CT molecular complexity index is 989. The van der Waals surface area contributed by atoms with Gasteiger partial charge in [0.25, 0.3) is 0 Å². The van der Waals surface area contributed by atoms with Crippen LogP contribution in [0, 0.1) is 0 Å². The minimum atomic E-state index is -3.61. The fourth-order valence-corrected chi connectivity index (χ4v) is 5.27. The first-order chi connectivity index (χ1) is 14.5. The highest BCUT2D eigenvalue weighted by molar-refractivity contribution is 7.98. The van der Waals surface area contributed by atoms with Crippen molar-refractivity contribution < 1.29 is 22.7 Å². The van der Waals surface area contributed by atoms with E-state index in [0.29, 0.717) is 44.0 Å². The smallest absolute Gasteiger partial charge is 0.243 e. The highest BCUT2D eigenvalue weighted by atomic mass is 32.2. The number of benzene rings is 2. The number of nitrogens with zero attached hydrogens (tertiary/aromatic N) is 1. The first-order valence-corrected chi connectivity index (χ1v) is 12.3. The number of sulfonamides is 1. The molecule has 30 heavy (non-hydrogen) atoms. The molecule has 0 radical (unpaired) electrons. The lowest BCUT2D eigenvalue weighted by molar-refractivity contribution is -0.116. The van der Waals surface area contributed by atoms with Crippen LogP contribution in [0.15, 0.2) is 52.3 Å². The third-order valence-corrected chi connectivity index (χ3v) is 7.55. The molecule has 2 aromatic rings. The molecule has 7 nitrogen and oxygen atoms in total. The van der Waals surface area contributed by atoms with E-state index < -0.39 is 10.0 Å². The molecule has 162 valence electrons. The van der Waals surface area contributed by atoms with Gasteiger partial charge in [0, 0.05) is 24.4 Å². The van der Waals surface area contributed by atoms with Gasteiger partial charge in [-0.3, -0.25) is 4.79 Å². The lowest BCUT2D eigenvalue weighted by atomic mass is 10.1. The molecular formula is C21H26N2O5S2. The molecular weight excluding hydrogens is 424 g/mol. The lowest BCUT2D eigenvalue weighted by Crippen LogP contribution is -2.40. The SMILES string of the molecule is COc1ccc(S(=O)(=O)N2CCOCC2)cc1CCC(=O)Nc1ccccc1SC. The second-order valence-electron chi connectivity index (χ2n) is 6.74. The zero-order valence-corrected chi connectivity index (χ0v) is 18.7. The van der Waals surface area contributed by atoms with Crippen LogP contribution in [0.1, 0.15) is 12.0 Å². The van der Waals surface area contributed by atoms with Crippen molar-refractivity contribution >= 4 is 33.4 Å². The summed E-state index contributed by atoms with van der Waals surface area (Å²) in [5.74, 6) is 0.424. The van der Waals surface area contributed by atoms with Gasteiger partial charge in [-0.15, -0.1) is 11.8 Å². The zero-order chi connectivity index (χ0) is 21.6. The summed E-state index contributed by atoms with van der Waals surface area (Å²) in [5, 5.41) is 2.92. The number of nitrogens with one attached hydrogen (secondary N) is 1. The Labute approximate surface area is 181 Å². The third-order valence-electron chi connectivity index (χ3n) is 4.86. The number of carbonyl (C=O) groups is 1. The molecule has 0 aromatic heterocycles. The quantitative estimate of drug-likeness (QED) is 0.623. The molecule has 0 saturated carbocycles. The van der Waals surface area contributed by atoms with Crippen LogP contribution >= 0.6 is 11.8 Å². The highest BCUT2D eigenvalue weighted by Gasteiger charge is 2.27. The highest BCUT2D eigenvalue weighted by Crippen LogP contribution is 2.27. The van der Waals surface area contributed by atoms with E-state index in [1.807, 2.05) is 30.5 Å². The van der Waals surface area contributed by atoms with Crippen molar-refractivity contribution in [2.75, 3.05) is 45.0 Å². The molecule has 2 aromatic carbocycles. The summed E-state index contributed by atoms with van der Waals surface area (Å²) >= 11 is 1.56. The zero-order valence-electron chi connectivity index (χ0n) is 17.1. The number of ether oxygens (including phenoxy) is 2. The van der Waals surface area contributed by atoms with Crippen LogP contribution in [-0.4, -0.2) is 58.3 Å². The fourth-order valence-electron chi connectivity index (χ4n) is 3.26. The monoisotopic (exact) mass is 450 g/mol. The maximum Gasteiger partial charge on any atom is 0.243 e. The third kappa shape index (κ3) is 5.34. The molecule has 9 heteroatoms. The maximum atomic E-state index is 12.9. The van der Waals surface area contributed by atoms with Crippen molar-refractivity contribution in [3.05, 3.63) is 48.0 Å². The molecule has 1 saturated heterocycles. The topological polar surface area (TPSA) is 84.9 Å². The van der Waals surface area contributed by atoms with E-state index in [4.69, 9.17) is 9.47 Å². The summed E-state index contributed by atoms with van der Waals surface area (Å²) in [6, 6.07) is 12.4. The van der Waals surface area contributed by atoms with Crippen molar-refractivity contribution in [2.24, 2.45) is 0 Å². The average molecular weight is 451 g/mol. The van der Waals surface area contributed by atoms with E-state index >= 15 is 0 Å². The number of morpholine rings is 1. The van der Waals surface area contributed by atoms with E-state index in [1.165, 1.54) is 11.4 Å². The second-order valence-corrected chi connectivity index (χ2v) is 9.52. The predicted molar refractivity (Wildman–Crippen MR) is 118 cm³/mol. The fraction of sp³-hybridized carbons (Fsp3) is 0.381. The van der Waals surface area contributed by atoms with Gasteiger partial charge in [0.05, 0.1) is 30.9 Å². The number of hydrogen-bond donors (Lipinski definition) is 1. The van der Waals surface area contributed by atoms with Crippen LogP contribution in [0.4, 0.5) is 5.69 Å². The van der Waals surface area contributed by atoms with Gasteiger partial charge >= 0.3 is 0 Å². The Morgan fingerprint density at radius 1 is 1.20 bits per heavy atom. The van der Waals surface area contributed by atoms with Gasteiger partial charge < -0.3 is 14.8 Å². The van der Waals surface area contributed by atoms with Crippen LogP contribution in [0.25, 0.3) is 0 Å². The Balaban J connectivity index is 1.73. The Hall–Kier alpha value is -2.07. The number of anilines is 1. The van der Waals surface area contributed by atoms with Crippen molar-refractivity contribution in [1.82, 2.24) is 4.31 Å². The predicted octanol–water partition coefficient (Wildman–Crippen LogP) is 3.01. The van der Waals surface area contributed by atoms with Gasteiger partial charge in [-0.1, -0.05) is 12.1 Å². The molecule has 1 aliphatic rings. The molecule has 0 aliphatic carbocycles. The second kappa shape index (κ2) is 10.3. The van der Waals surface area contributed by atoms with Crippen molar-refractivity contribution in [3.63, 3.8) is 0 Å². The molecule has 1 N–H and O–H groups in total. The van der Waals surface area contributed by atoms with Crippen molar-refractivity contribution in [3.8, 4) is 5.75 Å². The Morgan fingerprint density at radius 3 is 2.63 bits per heavy atom. The summed E-state index contributed by atoms with van der Waals surface area (Å²) < 4.78 is 37.9. The van der Waals surface area contributed by atoms with E-state index in [1.54, 1.807) is 30.0 Å². The summed E-state index contributed by atoms with van der Waals surface area (Å²) in [7, 11) is -2.08. The number of rotatable bonds is 8. The van der Waals surface area contributed by atoms with Crippen LogP contribution in [0.2, 0.25) is 0 Å². The summed E-state index contributed by atoms with van der Waals surface area (Å²) in [6.07, 6.45) is 2.53. The van der Waals surface area contributed by atoms with E-state index in [0.717, 1.165) is 10.6 Å². The van der Waals surface area contributed by atoms with Gasteiger partial charge in [-0.05, 0) is 48.6 Å². The van der Waals surface area contributed by atoms with E-state index in [2.05, 4.69) is 5.32 Å². The molecule has 0 bridgehead atoms. The molecule has 1 heterocycles. The summed E-state index contributed by atoms with van der Waals surface area (Å²) in [6.45, 7) is 1.45. The van der Waals surface area contributed by atoms with E-state index in [9.17, 15) is 13.2 Å². The molecule has 1 fully saturated rings. The van der Waals surface area contributed by atoms with Gasteiger partial charge in [0.15, 0.2) is 0 Å². The molecule has 1 aliphatic heterocycles. The molecule has 3 rings (SSSR count). The number of amides is 1. The van der Waals surface area contributed by atoms with Crippen LogP contribution < -0.4 is 10.1 Å². The normalized spacial score (nSPS) is 15.0. The molecule has 0 atom stereocenters. The number of carbonyl (C=O) groups excluding carboxylic acids is 1. The van der Waals surface area contributed by atoms with Crippen molar-refractivity contribution in [1.29, 1.82) is 0 Å². The average Bonchev–Trinajstić information content (AvgIpc) is 2.78. The number of thioether (sulfide) groups is 1. The van der Waals surface area contributed by atoms with Gasteiger partial charge in [-0.2, -0.15) is 4.31 Å². The maximum absolute atomic E-state index is 12.9. The van der Waals surface area contributed by atoms with Crippen LogP contribution in [0.5, 0.6) is 5.75 Å². The number of methoxy groups -OCH3 is 1. The Morgan fingerprint density at radius 2 is 1.93 bits per heavy atom. The van der Waals surface area contributed by atoms with E-state index in [-0.39, 0.29) is 17.2 Å². The summed E-state index contributed by atoms with van der Waals surface area (Å²) in [4.78, 5) is 13.7. The van der Waals surface area contributed by atoms with Gasteiger partial charge in [-0.25, -0.2) is 8.42 Å². The lowest BCUT2D eigenvalue weighted by Gasteiger charge is -2.26. The number of aryl methyl sites for hydroxylation is 1. The minimum absolute atomic E-state index is 0.139. The number of hydrogen-bond acceptors (Lipinski definition) is 6. The number of para-hydroxylation sites is 1. The van der Waals surface area contributed by atoms with Crippen LogP contribution in [-0.2, 0) is 26.0 Å². The first-order valence-electron chi connectivity index (χ1n) is 9.63. The largest absolute Gasteiger partial charge is 0.496 e. The first kappa shape index (κ1) is 22.6. The molecule has 0 unspecified atom stereocenters. The molecule has 1 amide bonds. The Kier molecular flexibility index (Phi) is 7.76. The van der Waals surface area contributed by atoms with Gasteiger partial charge in [0.2, 0.25) is 15.9 Å².